The fourth-order valence-corrected chi connectivity index (χ4v) is 3.19. The molecule has 1 aromatic heterocycles. The van der Waals surface area contributed by atoms with Crippen molar-refractivity contribution in [2.45, 2.75) is 51.6 Å². The second-order valence-corrected chi connectivity index (χ2v) is 5.41. The molecule has 1 aromatic rings. The number of aliphatic hydroxyl groups is 1. The molecule has 0 saturated heterocycles. The smallest absolute Gasteiger partial charge is 0.0930 e. The molecule has 0 aliphatic heterocycles. The van der Waals surface area contributed by atoms with Gasteiger partial charge in [0.05, 0.1) is 16.8 Å². The quantitative estimate of drug-likeness (QED) is 0.858. The highest BCUT2D eigenvalue weighted by Crippen LogP contribution is 2.28. The van der Waals surface area contributed by atoms with E-state index in [2.05, 4.69) is 17.3 Å². The maximum absolute atomic E-state index is 9.42. The Morgan fingerprint density at radius 1 is 1.40 bits per heavy atom. The van der Waals surface area contributed by atoms with Crippen LogP contribution in [0.5, 0.6) is 0 Å². The fraction of sp³-hybridized carbons (Fsp3) is 0.750. The largest absolute Gasteiger partial charge is 0.393 e. The van der Waals surface area contributed by atoms with Gasteiger partial charge in [0.15, 0.2) is 0 Å². The molecule has 0 unspecified atom stereocenters. The zero-order chi connectivity index (χ0) is 10.7. The molecule has 3 heteroatoms. The van der Waals surface area contributed by atoms with Crippen molar-refractivity contribution in [2.24, 2.45) is 5.92 Å². The van der Waals surface area contributed by atoms with Gasteiger partial charge in [0.1, 0.15) is 0 Å². The molecule has 15 heavy (non-hydrogen) atoms. The van der Waals surface area contributed by atoms with E-state index in [1.165, 1.54) is 23.5 Å². The zero-order valence-electron chi connectivity index (χ0n) is 9.28. The minimum Gasteiger partial charge on any atom is -0.393 e. The van der Waals surface area contributed by atoms with E-state index in [0.29, 0.717) is 0 Å². The number of aryl methyl sites for hydroxylation is 1. The third-order valence-electron chi connectivity index (χ3n) is 3.24. The van der Waals surface area contributed by atoms with Gasteiger partial charge in [-0.2, -0.15) is 0 Å². The Kier molecular flexibility index (Phi) is 3.76. The van der Waals surface area contributed by atoms with Crippen molar-refractivity contribution >= 4 is 11.3 Å². The van der Waals surface area contributed by atoms with Gasteiger partial charge >= 0.3 is 0 Å². The monoisotopic (exact) mass is 225 g/mol. The number of hydrogen-bond acceptors (Lipinski definition) is 3. The zero-order valence-corrected chi connectivity index (χ0v) is 10.1. The van der Waals surface area contributed by atoms with Gasteiger partial charge in [0.2, 0.25) is 0 Å². The molecule has 0 atom stereocenters. The lowest BCUT2D eigenvalue weighted by molar-refractivity contribution is 0.108. The van der Waals surface area contributed by atoms with Crippen LogP contribution < -0.4 is 0 Å². The summed E-state index contributed by atoms with van der Waals surface area (Å²) in [6.45, 7) is 2.15. The summed E-state index contributed by atoms with van der Waals surface area (Å²) >= 11 is 1.79. The molecule has 1 heterocycles. The van der Waals surface area contributed by atoms with Crippen LogP contribution in [-0.4, -0.2) is 16.2 Å². The molecule has 84 valence electrons. The number of nitrogens with zero attached hydrogens (tertiary/aromatic N) is 1. The minimum atomic E-state index is -0.0382. The molecule has 2 rings (SSSR count). The van der Waals surface area contributed by atoms with Crippen LogP contribution in [0, 0.1) is 5.92 Å². The van der Waals surface area contributed by atoms with Crippen molar-refractivity contribution in [3.05, 3.63) is 16.1 Å². The molecule has 1 N–H and O–H groups in total. The number of aliphatic hydroxyl groups excluding tert-OH is 1. The van der Waals surface area contributed by atoms with Gasteiger partial charge in [-0.25, -0.2) is 4.98 Å². The lowest BCUT2D eigenvalue weighted by atomic mass is 9.85. The fourth-order valence-electron chi connectivity index (χ4n) is 2.20. The van der Waals surface area contributed by atoms with E-state index in [0.717, 1.165) is 31.6 Å². The average molecular weight is 225 g/mol. The predicted octanol–water partition coefficient (Wildman–Crippen LogP) is 2.80. The van der Waals surface area contributed by atoms with Crippen molar-refractivity contribution in [3.63, 3.8) is 0 Å². The van der Waals surface area contributed by atoms with Crippen molar-refractivity contribution in [3.8, 4) is 0 Å². The maximum atomic E-state index is 9.42. The maximum Gasteiger partial charge on any atom is 0.0930 e. The Labute approximate surface area is 95.4 Å². The Hall–Kier alpha value is -0.410. The van der Waals surface area contributed by atoms with E-state index in [1.54, 1.807) is 11.3 Å². The summed E-state index contributed by atoms with van der Waals surface area (Å²) < 4.78 is 0. The number of aromatic nitrogens is 1. The SMILES string of the molecule is CCc1csc(CC2CCC(O)CC2)n1. The van der Waals surface area contributed by atoms with Gasteiger partial charge in [0.25, 0.3) is 0 Å². The Bertz CT molecular complexity index is 302. The highest BCUT2D eigenvalue weighted by molar-refractivity contribution is 7.09. The summed E-state index contributed by atoms with van der Waals surface area (Å²) in [5, 5.41) is 12.9. The van der Waals surface area contributed by atoms with Crippen molar-refractivity contribution in [1.29, 1.82) is 0 Å². The van der Waals surface area contributed by atoms with E-state index < -0.39 is 0 Å². The molecule has 0 spiro atoms. The summed E-state index contributed by atoms with van der Waals surface area (Å²) in [4.78, 5) is 4.60. The summed E-state index contributed by atoms with van der Waals surface area (Å²) in [6, 6.07) is 0. The second kappa shape index (κ2) is 5.08. The summed E-state index contributed by atoms with van der Waals surface area (Å²) in [7, 11) is 0. The molecular weight excluding hydrogens is 206 g/mol. The number of rotatable bonds is 3. The third-order valence-corrected chi connectivity index (χ3v) is 4.16. The average Bonchev–Trinajstić information content (AvgIpc) is 2.69. The first-order valence-corrected chi connectivity index (χ1v) is 6.77. The molecule has 1 aliphatic rings. The number of thiazole rings is 1. The molecule has 1 saturated carbocycles. The van der Waals surface area contributed by atoms with E-state index in [1.807, 2.05) is 0 Å². The van der Waals surface area contributed by atoms with E-state index in [4.69, 9.17) is 0 Å². The first-order chi connectivity index (χ1) is 7.28. The molecule has 0 aromatic carbocycles. The first kappa shape index (κ1) is 11.1. The highest BCUT2D eigenvalue weighted by Gasteiger charge is 2.20. The van der Waals surface area contributed by atoms with E-state index in [-0.39, 0.29) is 6.10 Å². The predicted molar refractivity (Wildman–Crippen MR) is 63.2 cm³/mol. The van der Waals surface area contributed by atoms with Crippen LogP contribution in [0.15, 0.2) is 5.38 Å². The molecule has 0 bridgehead atoms. The number of hydrogen-bond donors (Lipinski definition) is 1. The third kappa shape index (κ3) is 3.02. The van der Waals surface area contributed by atoms with Gasteiger partial charge in [0, 0.05) is 11.8 Å². The van der Waals surface area contributed by atoms with Crippen LogP contribution in [-0.2, 0) is 12.8 Å². The molecule has 1 fully saturated rings. The normalized spacial score (nSPS) is 26.8. The van der Waals surface area contributed by atoms with Crippen LogP contribution in [0.1, 0.15) is 43.3 Å². The topological polar surface area (TPSA) is 33.1 Å². The van der Waals surface area contributed by atoms with Gasteiger partial charge in [-0.3, -0.25) is 0 Å². The lowest BCUT2D eigenvalue weighted by Gasteiger charge is -2.24. The molecule has 0 radical (unpaired) electrons. The van der Waals surface area contributed by atoms with Crippen LogP contribution in [0.2, 0.25) is 0 Å². The summed E-state index contributed by atoms with van der Waals surface area (Å²) in [5.74, 6) is 0.754. The van der Waals surface area contributed by atoms with E-state index >= 15 is 0 Å². The molecular formula is C12H19NOS. The van der Waals surface area contributed by atoms with Gasteiger partial charge in [-0.05, 0) is 38.0 Å². The van der Waals surface area contributed by atoms with Gasteiger partial charge in [-0.1, -0.05) is 6.92 Å². The minimum absolute atomic E-state index is 0.0382. The Morgan fingerprint density at radius 3 is 2.73 bits per heavy atom. The lowest BCUT2D eigenvalue weighted by Crippen LogP contribution is -2.19. The summed E-state index contributed by atoms with van der Waals surface area (Å²) in [6.07, 6.45) is 6.43. The summed E-state index contributed by atoms with van der Waals surface area (Å²) in [5.41, 5.74) is 1.23. The van der Waals surface area contributed by atoms with Crippen LogP contribution >= 0.6 is 11.3 Å². The van der Waals surface area contributed by atoms with Crippen molar-refractivity contribution < 1.29 is 5.11 Å². The van der Waals surface area contributed by atoms with Crippen LogP contribution in [0.3, 0.4) is 0 Å². The Balaban J connectivity index is 1.86. The first-order valence-electron chi connectivity index (χ1n) is 5.89. The molecule has 0 amide bonds. The van der Waals surface area contributed by atoms with Gasteiger partial charge < -0.3 is 5.11 Å². The highest BCUT2D eigenvalue weighted by atomic mass is 32.1. The van der Waals surface area contributed by atoms with Gasteiger partial charge in [-0.15, -0.1) is 11.3 Å². The molecule has 1 aliphatic carbocycles. The van der Waals surface area contributed by atoms with Crippen molar-refractivity contribution in [1.82, 2.24) is 4.98 Å². The second-order valence-electron chi connectivity index (χ2n) is 4.46. The van der Waals surface area contributed by atoms with Crippen LogP contribution in [0.25, 0.3) is 0 Å². The van der Waals surface area contributed by atoms with Crippen molar-refractivity contribution in [2.75, 3.05) is 0 Å². The Morgan fingerprint density at radius 2 is 2.13 bits per heavy atom. The standard InChI is InChI=1S/C12H19NOS/c1-2-10-8-15-12(13-10)7-9-3-5-11(14)6-4-9/h8-9,11,14H,2-7H2,1H3. The van der Waals surface area contributed by atoms with E-state index in [9.17, 15) is 5.11 Å². The van der Waals surface area contributed by atoms with Crippen LogP contribution in [0.4, 0.5) is 0 Å². The molecule has 2 nitrogen and oxygen atoms in total.